The van der Waals surface area contributed by atoms with Crippen LogP contribution in [0.4, 0.5) is 5.95 Å². The van der Waals surface area contributed by atoms with Gasteiger partial charge in [-0.2, -0.15) is 10.1 Å². The number of carbonyl (C=O) groups is 3. The minimum atomic E-state index is -0.447. The average molecular weight is 671 g/mol. The number of amides is 3. The number of benzene rings is 2. The molecule has 1 aliphatic heterocycles. The number of imide groups is 1. The fourth-order valence-corrected chi connectivity index (χ4v) is 6.70. The molecular formula is C31H28BrN9O4. The van der Waals surface area contributed by atoms with Gasteiger partial charge >= 0.3 is 0 Å². The van der Waals surface area contributed by atoms with E-state index in [-0.39, 0.29) is 42.4 Å². The maximum Gasteiger partial charge on any atom is 0.261 e. The molecule has 0 radical (unpaired) electrons. The zero-order valence-electron chi connectivity index (χ0n) is 24.5. The van der Waals surface area contributed by atoms with Crippen molar-refractivity contribution in [2.45, 2.75) is 38.8 Å². The molecule has 13 nitrogen and oxygen atoms in total. The average Bonchev–Trinajstić information content (AvgIpc) is 3.67. The Balaban J connectivity index is 1.16. The van der Waals surface area contributed by atoms with Crippen molar-refractivity contribution in [3.8, 4) is 5.69 Å². The number of halogens is 1. The molecule has 4 heterocycles. The summed E-state index contributed by atoms with van der Waals surface area (Å²) in [5.74, 6) is -0.306. The highest BCUT2D eigenvalue weighted by molar-refractivity contribution is 9.10. The van der Waals surface area contributed by atoms with E-state index in [1.54, 1.807) is 60.4 Å². The third kappa shape index (κ3) is 4.85. The molecule has 45 heavy (non-hydrogen) atoms. The smallest absolute Gasteiger partial charge is 0.261 e. The first-order chi connectivity index (χ1) is 21.7. The summed E-state index contributed by atoms with van der Waals surface area (Å²) in [5, 5.41) is 11.8. The summed E-state index contributed by atoms with van der Waals surface area (Å²) >= 11 is 3.50. The van der Waals surface area contributed by atoms with Gasteiger partial charge in [0.15, 0.2) is 5.65 Å². The largest absolute Gasteiger partial charge is 0.359 e. The van der Waals surface area contributed by atoms with Crippen LogP contribution in [-0.4, -0.2) is 71.6 Å². The molecule has 2 aromatic carbocycles. The normalized spacial score (nSPS) is 19.4. The van der Waals surface area contributed by atoms with Gasteiger partial charge in [-0.25, -0.2) is 14.6 Å². The van der Waals surface area contributed by atoms with Gasteiger partial charge in [0.1, 0.15) is 4.60 Å². The topological polar surface area (TPSA) is 157 Å². The summed E-state index contributed by atoms with van der Waals surface area (Å²) in [4.78, 5) is 66.3. The second-order valence-corrected chi connectivity index (χ2v) is 12.4. The SMILES string of the molecule is CNC(=O)[C@]1(C)CC[C@@H](Nc2ncc3c(Br)nn(-c4ccc5ncn(CCN6C(=O)c7ccccc7C6=O)c(=O)c5c4)c3n2)C1. The number of carbonyl (C=O) groups excluding carboxylic acids is 3. The van der Waals surface area contributed by atoms with E-state index in [4.69, 9.17) is 4.98 Å². The van der Waals surface area contributed by atoms with Gasteiger partial charge in [0, 0.05) is 37.8 Å². The lowest BCUT2D eigenvalue weighted by Gasteiger charge is -2.22. The van der Waals surface area contributed by atoms with Gasteiger partial charge in [-0.1, -0.05) is 19.1 Å². The standard InChI is InChI=1S/C31H28BrN9O4/c1-31(29(45)33-2)10-9-17(14-31)36-30-34-15-22-24(32)38-41(25(22)37-30)18-7-8-23-21(13-18)26(42)39(16-35-23)11-12-40-27(43)19-5-3-4-6-20(19)28(40)44/h3-8,13,15-17H,9-12,14H2,1-2H3,(H,33,45)(H,34,36,37)/t17-,31-/m1/s1. The van der Waals surface area contributed by atoms with Crippen LogP contribution in [0.2, 0.25) is 0 Å². The number of hydrogen-bond donors (Lipinski definition) is 2. The molecule has 2 aliphatic rings. The van der Waals surface area contributed by atoms with Crippen molar-refractivity contribution in [3.63, 3.8) is 0 Å². The van der Waals surface area contributed by atoms with E-state index in [0.29, 0.717) is 55.7 Å². The molecule has 0 unspecified atom stereocenters. The van der Waals surface area contributed by atoms with E-state index in [1.807, 2.05) is 6.92 Å². The van der Waals surface area contributed by atoms with Crippen molar-refractivity contribution in [2.24, 2.45) is 5.41 Å². The van der Waals surface area contributed by atoms with Gasteiger partial charge < -0.3 is 10.6 Å². The van der Waals surface area contributed by atoms with Crippen molar-refractivity contribution in [1.82, 2.24) is 39.5 Å². The first-order valence-electron chi connectivity index (χ1n) is 14.5. The Kier molecular flexibility index (Phi) is 6.95. The van der Waals surface area contributed by atoms with E-state index in [2.05, 4.69) is 41.6 Å². The highest BCUT2D eigenvalue weighted by atomic mass is 79.9. The molecule has 3 amide bonds. The molecule has 14 heteroatoms. The Morgan fingerprint density at radius 3 is 2.53 bits per heavy atom. The summed E-state index contributed by atoms with van der Waals surface area (Å²) in [6.45, 7) is 2.10. The van der Waals surface area contributed by atoms with Crippen LogP contribution < -0.4 is 16.2 Å². The number of aromatic nitrogens is 6. The fourth-order valence-electron chi connectivity index (χ4n) is 6.26. The van der Waals surface area contributed by atoms with E-state index in [0.717, 1.165) is 17.7 Å². The molecule has 7 rings (SSSR count). The van der Waals surface area contributed by atoms with Gasteiger partial charge in [-0.3, -0.25) is 28.6 Å². The molecule has 0 bridgehead atoms. The number of nitrogens with zero attached hydrogens (tertiary/aromatic N) is 7. The third-order valence-electron chi connectivity index (χ3n) is 8.72. The van der Waals surface area contributed by atoms with Crippen molar-refractivity contribution in [2.75, 3.05) is 18.9 Å². The number of fused-ring (bicyclic) bond motifs is 3. The van der Waals surface area contributed by atoms with E-state index in [1.165, 1.54) is 10.9 Å². The molecule has 1 fully saturated rings. The zero-order chi connectivity index (χ0) is 31.5. The highest BCUT2D eigenvalue weighted by Crippen LogP contribution is 2.39. The summed E-state index contributed by atoms with van der Waals surface area (Å²) in [6, 6.07) is 12.0. The van der Waals surface area contributed by atoms with E-state index >= 15 is 0 Å². The van der Waals surface area contributed by atoms with Crippen LogP contribution in [0.15, 0.2) is 64.4 Å². The molecule has 228 valence electrons. The minimum absolute atomic E-state index is 0.0265. The summed E-state index contributed by atoms with van der Waals surface area (Å²) < 4.78 is 3.57. The van der Waals surface area contributed by atoms with Gasteiger partial charge in [-0.05, 0) is 65.5 Å². The predicted molar refractivity (Wildman–Crippen MR) is 169 cm³/mol. The Labute approximate surface area is 264 Å². The summed E-state index contributed by atoms with van der Waals surface area (Å²) in [6.07, 6.45) is 5.34. The molecule has 1 aliphatic carbocycles. The lowest BCUT2D eigenvalue weighted by Crippen LogP contribution is -2.35. The Morgan fingerprint density at radius 2 is 1.80 bits per heavy atom. The van der Waals surface area contributed by atoms with Gasteiger partial charge in [0.2, 0.25) is 11.9 Å². The number of hydrogen-bond acceptors (Lipinski definition) is 9. The van der Waals surface area contributed by atoms with Crippen LogP contribution in [0.3, 0.4) is 0 Å². The number of anilines is 1. The molecule has 1 saturated carbocycles. The molecule has 2 N–H and O–H groups in total. The van der Waals surface area contributed by atoms with Gasteiger partial charge in [-0.15, -0.1) is 0 Å². The molecule has 3 aromatic heterocycles. The Morgan fingerprint density at radius 1 is 1.04 bits per heavy atom. The summed E-state index contributed by atoms with van der Waals surface area (Å²) in [5.41, 5.74) is 1.58. The van der Waals surface area contributed by atoms with Gasteiger partial charge in [0.25, 0.3) is 17.4 Å². The quantitative estimate of drug-likeness (QED) is 0.248. The number of rotatable bonds is 7. The summed E-state index contributed by atoms with van der Waals surface area (Å²) in [7, 11) is 1.65. The van der Waals surface area contributed by atoms with E-state index in [9.17, 15) is 19.2 Å². The van der Waals surface area contributed by atoms with Crippen molar-refractivity contribution in [3.05, 3.63) is 81.1 Å². The second kappa shape index (κ2) is 10.9. The lowest BCUT2D eigenvalue weighted by molar-refractivity contribution is -0.129. The van der Waals surface area contributed by atoms with Crippen molar-refractivity contribution < 1.29 is 14.4 Å². The predicted octanol–water partition coefficient (Wildman–Crippen LogP) is 3.30. The maximum absolute atomic E-state index is 13.6. The van der Waals surface area contributed by atoms with E-state index < -0.39 is 5.41 Å². The van der Waals surface area contributed by atoms with Crippen LogP contribution in [0.5, 0.6) is 0 Å². The fraction of sp³-hybridized carbons (Fsp3) is 0.290. The maximum atomic E-state index is 13.6. The second-order valence-electron chi connectivity index (χ2n) is 11.6. The molecular weight excluding hydrogens is 642 g/mol. The van der Waals surface area contributed by atoms with Crippen LogP contribution in [-0.2, 0) is 11.3 Å². The Hall–Kier alpha value is -4.98. The number of nitrogens with one attached hydrogen (secondary N) is 2. The molecule has 0 spiro atoms. The van der Waals surface area contributed by atoms with Crippen LogP contribution in [0, 0.1) is 5.41 Å². The minimum Gasteiger partial charge on any atom is -0.359 e. The monoisotopic (exact) mass is 669 g/mol. The third-order valence-corrected chi connectivity index (χ3v) is 9.31. The van der Waals surface area contributed by atoms with Crippen LogP contribution in [0.1, 0.15) is 46.9 Å². The Bertz CT molecular complexity index is 2070. The van der Waals surface area contributed by atoms with Crippen molar-refractivity contribution in [1.29, 1.82) is 0 Å². The van der Waals surface area contributed by atoms with Gasteiger partial charge in [0.05, 0.1) is 39.4 Å². The molecule has 2 atom stereocenters. The first kappa shape index (κ1) is 28.8. The first-order valence-corrected chi connectivity index (χ1v) is 15.3. The van der Waals surface area contributed by atoms with Crippen LogP contribution in [0.25, 0.3) is 27.6 Å². The van der Waals surface area contributed by atoms with Crippen LogP contribution >= 0.6 is 15.9 Å². The highest BCUT2D eigenvalue weighted by Gasteiger charge is 2.41. The lowest BCUT2D eigenvalue weighted by atomic mass is 9.87. The van der Waals surface area contributed by atoms with Crippen molar-refractivity contribution >= 4 is 61.5 Å². The zero-order valence-corrected chi connectivity index (χ0v) is 26.0. The molecule has 5 aromatic rings. The molecule has 0 saturated heterocycles.